The molecule has 0 fully saturated rings. The molecule has 0 bridgehead atoms. The van der Waals surface area contributed by atoms with Gasteiger partial charge >= 0.3 is 6.61 Å². The second-order valence-corrected chi connectivity index (χ2v) is 4.01. The Bertz CT molecular complexity index is 438. The maximum absolute atomic E-state index is 12.1. The first kappa shape index (κ1) is 16.3. The van der Waals surface area contributed by atoms with Crippen LogP contribution < -0.4 is 10.1 Å². The number of carbonyl (C=O) groups excluding carboxylic acids is 1. The third-order valence-corrected chi connectivity index (χ3v) is 2.55. The summed E-state index contributed by atoms with van der Waals surface area (Å²) < 4.78 is 38.5. The molecule has 1 amide bonds. The molecule has 0 saturated heterocycles. The first-order chi connectivity index (χ1) is 9.47. The van der Waals surface area contributed by atoms with Crippen molar-refractivity contribution in [2.24, 2.45) is 0 Å². The van der Waals surface area contributed by atoms with Gasteiger partial charge in [-0.1, -0.05) is 6.07 Å². The number of hydrogen-bond donors (Lipinski definition) is 1. The molecule has 1 aromatic rings. The number of ether oxygens (including phenoxy) is 3. The number of alkyl halides is 2. The highest BCUT2D eigenvalue weighted by Crippen LogP contribution is 2.16. The molecule has 0 radical (unpaired) electrons. The molecule has 0 spiro atoms. The van der Waals surface area contributed by atoms with Crippen LogP contribution >= 0.6 is 0 Å². The van der Waals surface area contributed by atoms with Gasteiger partial charge in [0.05, 0.1) is 6.04 Å². The van der Waals surface area contributed by atoms with Crippen molar-refractivity contribution in [3.8, 4) is 5.75 Å². The van der Waals surface area contributed by atoms with Crippen LogP contribution in [0.1, 0.15) is 17.3 Å². The zero-order chi connectivity index (χ0) is 15.1. The van der Waals surface area contributed by atoms with Crippen molar-refractivity contribution in [3.63, 3.8) is 0 Å². The Morgan fingerprint density at radius 1 is 1.25 bits per heavy atom. The fourth-order valence-electron chi connectivity index (χ4n) is 1.68. The van der Waals surface area contributed by atoms with E-state index in [4.69, 9.17) is 9.47 Å². The van der Waals surface area contributed by atoms with E-state index in [2.05, 4.69) is 10.1 Å². The van der Waals surface area contributed by atoms with Gasteiger partial charge in [0.15, 0.2) is 6.29 Å². The summed E-state index contributed by atoms with van der Waals surface area (Å²) in [6, 6.07) is 5.14. The number of benzene rings is 1. The topological polar surface area (TPSA) is 56.8 Å². The maximum atomic E-state index is 12.1. The van der Waals surface area contributed by atoms with Gasteiger partial charge < -0.3 is 19.5 Å². The average molecular weight is 289 g/mol. The van der Waals surface area contributed by atoms with Crippen LogP contribution in [0.25, 0.3) is 0 Å². The summed E-state index contributed by atoms with van der Waals surface area (Å²) in [4.78, 5) is 12.0. The predicted molar refractivity (Wildman–Crippen MR) is 67.8 cm³/mol. The van der Waals surface area contributed by atoms with Gasteiger partial charge in [-0.05, 0) is 25.1 Å². The Hall–Kier alpha value is -1.73. The monoisotopic (exact) mass is 289 g/mol. The summed E-state index contributed by atoms with van der Waals surface area (Å²) in [5, 5.41) is 2.65. The first-order valence-corrected chi connectivity index (χ1v) is 5.89. The zero-order valence-corrected chi connectivity index (χ0v) is 11.4. The van der Waals surface area contributed by atoms with Crippen LogP contribution in [0.3, 0.4) is 0 Å². The van der Waals surface area contributed by atoms with E-state index in [1.54, 1.807) is 6.92 Å². The molecule has 0 aliphatic heterocycles. The Morgan fingerprint density at radius 2 is 1.90 bits per heavy atom. The average Bonchev–Trinajstić information content (AvgIpc) is 2.39. The van der Waals surface area contributed by atoms with Crippen LogP contribution in [-0.4, -0.2) is 39.1 Å². The summed E-state index contributed by atoms with van der Waals surface area (Å²) in [6.07, 6.45) is -0.598. The number of carbonyl (C=O) groups is 1. The molecular formula is C13H17F2NO4. The molecule has 0 saturated carbocycles. The van der Waals surface area contributed by atoms with Gasteiger partial charge in [0.1, 0.15) is 5.75 Å². The van der Waals surface area contributed by atoms with Crippen LogP contribution in [0.15, 0.2) is 24.3 Å². The predicted octanol–water partition coefficient (Wildman–Crippen LogP) is 2.03. The molecule has 0 aromatic heterocycles. The molecule has 1 aromatic carbocycles. The molecular weight excluding hydrogens is 272 g/mol. The standard InChI is InChI=1S/C13H17F2NO4/c1-8(12(18-2)19-3)16-11(17)9-5-4-6-10(7-9)20-13(14)15/h4-8,12-13H,1-3H3,(H,16,17). The number of amides is 1. The minimum atomic E-state index is -2.93. The molecule has 0 heterocycles. The van der Waals surface area contributed by atoms with Gasteiger partial charge in [0, 0.05) is 19.8 Å². The summed E-state index contributed by atoms with van der Waals surface area (Å²) in [6.45, 7) is -1.23. The summed E-state index contributed by atoms with van der Waals surface area (Å²) >= 11 is 0. The van der Waals surface area contributed by atoms with E-state index in [0.717, 1.165) is 0 Å². The quantitative estimate of drug-likeness (QED) is 0.780. The number of rotatable bonds is 7. The lowest BCUT2D eigenvalue weighted by molar-refractivity contribution is -0.117. The lowest BCUT2D eigenvalue weighted by Crippen LogP contribution is -2.42. The van der Waals surface area contributed by atoms with Gasteiger partial charge in [-0.15, -0.1) is 0 Å². The van der Waals surface area contributed by atoms with Gasteiger partial charge in [-0.25, -0.2) is 0 Å². The normalized spacial score (nSPS) is 12.6. The molecule has 1 unspecified atom stereocenters. The Kier molecular flexibility index (Phi) is 6.33. The molecule has 7 heteroatoms. The van der Waals surface area contributed by atoms with Gasteiger partial charge in [0.25, 0.3) is 5.91 Å². The van der Waals surface area contributed by atoms with E-state index in [9.17, 15) is 13.6 Å². The molecule has 1 atom stereocenters. The van der Waals surface area contributed by atoms with Gasteiger partial charge in [-0.2, -0.15) is 8.78 Å². The van der Waals surface area contributed by atoms with E-state index in [1.807, 2.05) is 0 Å². The molecule has 0 aliphatic rings. The second kappa shape index (κ2) is 7.76. The zero-order valence-electron chi connectivity index (χ0n) is 11.4. The maximum Gasteiger partial charge on any atom is 0.387 e. The van der Waals surface area contributed by atoms with Crippen LogP contribution in [0, 0.1) is 0 Å². The van der Waals surface area contributed by atoms with Crippen molar-refractivity contribution >= 4 is 5.91 Å². The lowest BCUT2D eigenvalue weighted by atomic mass is 10.2. The summed E-state index contributed by atoms with van der Waals surface area (Å²) in [5.74, 6) is -0.508. The lowest BCUT2D eigenvalue weighted by Gasteiger charge is -2.22. The van der Waals surface area contributed by atoms with Crippen molar-refractivity contribution in [1.82, 2.24) is 5.32 Å². The number of methoxy groups -OCH3 is 2. The number of nitrogens with one attached hydrogen (secondary N) is 1. The van der Waals surface area contributed by atoms with Gasteiger partial charge in [-0.3, -0.25) is 4.79 Å². The Balaban J connectivity index is 2.72. The smallest absolute Gasteiger partial charge is 0.387 e. The number of halogens is 2. The third-order valence-electron chi connectivity index (χ3n) is 2.55. The molecule has 1 rings (SSSR count). The van der Waals surface area contributed by atoms with Crippen LogP contribution in [0.4, 0.5) is 8.78 Å². The highest BCUT2D eigenvalue weighted by atomic mass is 19.3. The van der Waals surface area contributed by atoms with E-state index in [-0.39, 0.29) is 11.3 Å². The van der Waals surface area contributed by atoms with Crippen LogP contribution in [0.5, 0.6) is 5.75 Å². The van der Waals surface area contributed by atoms with E-state index in [1.165, 1.54) is 38.5 Å². The van der Waals surface area contributed by atoms with Crippen molar-refractivity contribution in [2.45, 2.75) is 25.9 Å². The fraction of sp³-hybridized carbons (Fsp3) is 0.462. The molecule has 112 valence electrons. The largest absolute Gasteiger partial charge is 0.435 e. The number of hydrogen-bond acceptors (Lipinski definition) is 4. The SMILES string of the molecule is COC(OC)C(C)NC(=O)c1cccc(OC(F)F)c1. The van der Waals surface area contributed by atoms with Crippen LogP contribution in [-0.2, 0) is 9.47 Å². The highest BCUT2D eigenvalue weighted by molar-refractivity contribution is 5.94. The minimum absolute atomic E-state index is 0.0738. The van der Waals surface area contributed by atoms with Crippen LogP contribution in [0.2, 0.25) is 0 Å². The minimum Gasteiger partial charge on any atom is -0.435 e. The molecule has 5 nitrogen and oxygen atoms in total. The summed E-state index contributed by atoms with van der Waals surface area (Å²) in [5.41, 5.74) is 0.209. The summed E-state index contributed by atoms with van der Waals surface area (Å²) in [7, 11) is 2.90. The third kappa shape index (κ3) is 4.75. The van der Waals surface area contributed by atoms with Crippen molar-refractivity contribution < 1.29 is 27.8 Å². The molecule has 0 aliphatic carbocycles. The van der Waals surface area contributed by atoms with E-state index in [0.29, 0.717) is 0 Å². The van der Waals surface area contributed by atoms with E-state index >= 15 is 0 Å². The fourth-order valence-corrected chi connectivity index (χ4v) is 1.68. The molecule has 1 N–H and O–H groups in total. The highest BCUT2D eigenvalue weighted by Gasteiger charge is 2.19. The van der Waals surface area contributed by atoms with Crippen molar-refractivity contribution in [2.75, 3.05) is 14.2 Å². The second-order valence-electron chi connectivity index (χ2n) is 4.01. The first-order valence-electron chi connectivity index (χ1n) is 5.89. The Labute approximate surface area is 115 Å². The molecule has 20 heavy (non-hydrogen) atoms. The van der Waals surface area contributed by atoms with Crippen molar-refractivity contribution in [3.05, 3.63) is 29.8 Å². The van der Waals surface area contributed by atoms with Crippen molar-refractivity contribution in [1.29, 1.82) is 0 Å². The Morgan fingerprint density at radius 3 is 2.45 bits per heavy atom. The van der Waals surface area contributed by atoms with Gasteiger partial charge in [0.2, 0.25) is 0 Å². The van der Waals surface area contributed by atoms with E-state index < -0.39 is 24.9 Å².